The van der Waals surface area contributed by atoms with E-state index in [9.17, 15) is 17.6 Å². The molecule has 1 aromatic rings. The molecule has 114 valence electrons. The summed E-state index contributed by atoms with van der Waals surface area (Å²) >= 11 is 0. The van der Waals surface area contributed by atoms with Gasteiger partial charge < -0.3 is 15.0 Å². The third-order valence-corrected chi connectivity index (χ3v) is 4.13. The topological polar surface area (TPSA) is 103 Å². The minimum absolute atomic E-state index is 0.0635. The van der Waals surface area contributed by atoms with Gasteiger partial charge in [-0.2, -0.15) is 0 Å². The Hall–Kier alpha value is -1.45. The van der Waals surface area contributed by atoms with E-state index in [1.54, 1.807) is 13.8 Å². The molecule has 1 heterocycles. The Bertz CT molecular complexity index is 597. The van der Waals surface area contributed by atoms with Crippen LogP contribution in [-0.2, 0) is 21.8 Å². The fourth-order valence-corrected chi connectivity index (χ4v) is 2.95. The quantitative estimate of drug-likeness (QED) is 0.718. The molecule has 1 aromatic heterocycles. The van der Waals surface area contributed by atoms with Crippen LogP contribution >= 0.6 is 0 Å². The number of sulfonamides is 1. The molecule has 0 aliphatic carbocycles. The van der Waals surface area contributed by atoms with Crippen LogP contribution in [0.4, 0.5) is 4.39 Å². The van der Waals surface area contributed by atoms with Crippen molar-refractivity contribution < 1.29 is 22.3 Å². The summed E-state index contributed by atoms with van der Waals surface area (Å²) in [6.07, 6.45) is 1.02. The Morgan fingerprint density at radius 1 is 1.60 bits per heavy atom. The first-order valence-corrected chi connectivity index (χ1v) is 7.47. The average Bonchev–Trinajstić information content (AvgIpc) is 2.65. The lowest BCUT2D eigenvalue weighted by Gasteiger charge is -2.10. The van der Waals surface area contributed by atoms with Gasteiger partial charge in [0.1, 0.15) is 4.90 Å². The zero-order valence-corrected chi connectivity index (χ0v) is 12.3. The molecule has 0 spiro atoms. The Kier molecular flexibility index (Phi) is 5.26. The van der Waals surface area contributed by atoms with Crippen molar-refractivity contribution in [3.63, 3.8) is 0 Å². The van der Waals surface area contributed by atoms with E-state index >= 15 is 0 Å². The average molecular weight is 307 g/mol. The highest BCUT2D eigenvalue weighted by Gasteiger charge is 2.29. The van der Waals surface area contributed by atoms with Crippen LogP contribution in [-0.4, -0.2) is 38.1 Å². The number of rotatable bonds is 6. The zero-order chi connectivity index (χ0) is 15.5. The van der Waals surface area contributed by atoms with Gasteiger partial charge >= 0.3 is 5.97 Å². The fourth-order valence-electron chi connectivity index (χ4n) is 1.57. The summed E-state index contributed by atoms with van der Waals surface area (Å²) in [6, 6.07) is -0.550. The number of carbonyl (C=O) groups is 1. The highest BCUT2D eigenvalue weighted by atomic mass is 32.2. The van der Waals surface area contributed by atoms with E-state index in [4.69, 9.17) is 5.73 Å². The first-order valence-electron chi connectivity index (χ1n) is 5.98. The summed E-state index contributed by atoms with van der Waals surface area (Å²) < 4.78 is 46.1. The molecule has 20 heavy (non-hydrogen) atoms. The van der Waals surface area contributed by atoms with Gasteiger partial charge in [-0.1, -0.05) is 0 Å². The lowest BCUT2D eigenvalue weighted by Crippen LogP contribution is -2.37. The van der Waals surface area contributed by atoms with E-state index in [1.807, 2.05) is 0 Å². The number of carbonyl (C=O) groups excluding carboxylic acids is 1. The zero-order valence-electron chi connectivity index (χ0n) is 11.5. The lowest BCUT2D eigenvalue weighted by molar-refractivity contribution is 0.0509. The second-order valence-corrected chi connectivity index (χ2v) is 5.93. The standard InChI is InChI=1S/C11H18FN3O4S/c1-4-19-11(16)10-9(12)8(6-15(10)3)20(17,18)14-7(2)5-13/h6-7,14H,4-5,13H2,1-3H3. The number of nitrogens with two attached hydrogens (primary N) is 1. The van der Waals surface area contributed by atoms with Gasteiger partial charge in [-0.05, 0) is 13.8 Å². The van der Waals surface area contributed by atoms with Crippen molar-refractivity contribution in [3.8, 4) is 0 Å². The number of hydrogen-bond donors (Lipinski definition) is 2. The van der Waals surface area contributed by atoms with Gasteiger partial charge in [-0.15, -0.1) is 0 Å². The van der Waals surface area contributed by atoms with Crippen molar-refractivity contribution in [1.82, 2.24) is 9.29 Å². The molecule has 1 unspecified atom stereocenters. The van der Waals surface area contributed by atoms with Gasteiger partial charge in [0.2, 0.25) is 10.0 Å². The number of nitrogens with zero attached hydrogens (tertiary/aromatic N) is 1. The molecule has 0 saturated carbocycles. The van der Waals surface area contributed by atoms with Crippen LogP contribution in [0.5, 0.6) is 0 Å². The van der Waals surface area contributed by atoms with E-state index in [0.717, 1.165) is 10.8 Å². The number of halogens is 1. The Labute approximate surface area is 116 Å². The third-order valence-electron chi connectivity index (χ3n) is 2.56. The van der Waals surface area contributed by atoms with Crippen LogP contribution in [0.25, 0.3) is 0 Å². The van der Waals surface area contributed by atoms with E-state index in [2.05, 4.69) is 9.46 Å². The predicted octanol–water partition coefficient (Wildman–Crippen LogP) is -0.0336. The molecule has 0 saturated heterocycles. The van der Waals surface area contributed by atoms with Crippen molar-refractivity contribution in [3.05, 3.63) is 17.7 Å². The molecule has 1 rings (SSSR count). The Morgan fingerprint density at radius 3 is 2.70 bits per heavy atom. The smallest absolute Gasteiger partial charge is 0.358 e. The molecular formula is C11H18FN3O4S. The van der Waals surface area contributed by atoms with Crippen molar-refractivity contribution in [2.24, 2.45) is 12.8 Å². The first kappa shape index (κ1) is 16.6. The van der Waals surface area contributed by atoms with Crippen molar-refractivity contribution >= 4 is 16.0 Å². The molecule has 7 nitrogen and oxygen atoms in total. The maximum Gasteiger partial charge on any atom is 0.358 e. The maximum atomic E-state index is 14.1. The van der Waals surface area contributed by atoms with Crippen molar-refractivity contribution in [2.45, 2.75) is 24.8 Å². The molecule has 9 heteroatoms. The fraction of sp³-hybridized carbons (Fsp3) is 0.545. The predicted molar refractivity (Wildman–Crippen MR) is 70.2 cm³/mol. The minimum atomic E-state index is -4.09. The first-order chi connectivity index (χ1) is 9.24. The number of nitrogens with one attached hydrogen (secondary N) is 1. The highest BCUT2D eigenvalue weighted by Crippen LogP contribution is 2.20. The van der Waals surface area contributed by atoms with E-state index in [1.165, 1.54) is 7.05 Å². The molecule has 0 fully saturated rings. The maximum absolute atomic E-state index is 14.1. The van der Waals surface area contributed by atoms with Crippen LogP contribution < -0.4 is 10.5 Å². The van der Waals surface area contributed by atoms with Crippen LogP contribution in [0.1, 0.15) is 24.3 Å². The number of ether oxygens (including phenoxy) is 1. The number of aromatic nitrogens is 1. The second kappa shape index (κ2) is 6.33. The largest absolute Gasteiger partial charge is 0.461 e. The van der Waals surface area contributed by atoms with Crippen LogP contribution in [0.3, 0.4) is 0 Å². The van der Waals surface area contributed by atoms with Crippen LogP contribution in [0.2, 0.25) is 0 Å². The molecule has 0 amide bonds. The van der Waals surface area contributed by atoms with Gasteiger partial charge in [-0.3, -0.25) is 0 Å². The molecule has 0 radical (unpaired) electrons. The summed E-state index contributed by atoms with van der Waals surface area (Å²) in [5.41, 5.74) is 4.88. The Morgan fingerprint density at radius 2 is 2.20 bits per heavy atom. The molecule has 3 N–H and O–H groups in total. The normalized spacial score (nSPS) is 13.2. The molecule has 0 aliphatic heterocycles. The van der Waals surface area contributed by atoms with Gasteiger partial charge in [0.25, 0.3) is 0 Å². The van der Waals surface area contributed by atoms with Crippen molar-refractivity contribution in [2.75, 3.05) is 13.2 Å². The molecule has 0 aromatic carbocycles. The minimum Gasteiger partial charge on any atom is -0.461 e. The van der Waals surface area contributed by atoms with Crippen molar-refractivity contribution in [1.29, 1.82) is 0 Å². The van der Waals surface area contributed by atoms with Gasteiger partial charge in [0.15, 0.2) is 11.5 Å². The summed E-state index contributed by atoms with van der Waals surface area (Å²) in [4.78, 5) is 11.0. The second-order valence-electron chi connectivity index (χ2n) is 4.25. The van der Waals surface area contributed by atoms with E-state index < -0.39 is 38.4 Å². The molecule has 0 aliphatic rings. The lowest BCUT2D eigenvalue weighted by atomic mass is 10.4. The summed E-state index contributed by atoms with van der Waals surface area (Å²) in [6.45, 7) is 3.25. The van der Waals surface area contributed by atoms with Gasteiger partial charge in [0.05, 0.1) is 6.61 Å². The molecule has 0 bridgehead atoms. The highest BCUT2D eigenvalue weighted by molar-refractivity contribution is 7.89. The summed E-state index contributed by atoms with van der Waals surface area (Å²) in [5, 5.41) is 0. The van der Waals surface area contributed by atoms with Crippen LogP contribution in [0.15, 0.2) is 11.1 Å². The number of hydrogen-bond acceptors (Lipinski definition) is 5. The monoisotopic (exact) mass is 307 g/mol. The van der Waals surface area contributed by atoms with E-state index in [0.29, 0.717) is 0 Å². The van der Waals surface area contributed by atoms with Gasteiger partial charge in [-0.25, -0.2) is 22.3 Å². The van der Waals surface area contributed by atoms with E-state index in [-0.39, 0.29) is 13.2 Å². The van der Waals surface area contributed by atoms with Crippen LogP contribution in [0, 0.1) is 5.82 Å². The summed E-state index contributed by atoms with van der Waals surface area (Å²) in [5.74, 6) is -2.05. The van der Waals surface area contributed by atoms with Gasteiger partial charge in [0, 0.05) is 25.8 Å². The third kappa shape index (κ3) is 3.35. The molecule has 1 atom stereocenters. The summed E-state index contributed by atoms with van der Waals surface area (Å²) in [7, 11) is -2.72. The molecular weight excluding hydrogens is 289 g/mol. The SMILES string of the molecule is CCOC(=O)c1c(F)c(S(=O)(=O)NC(C)CN)cn1C. The number of esters is 1. The Balaban J connectivity index is 3.22. The number of aryl methyl sites for hydroxylation is 1.